The van der Waals surface area contributed by atoms with Crippen LogP contribution in [-0.4, -0.2) is 131 Å². The van der Waals surface area contributed by atoms with Crippen molar-refractivity contribution in [3.05, 3.63) is 42.5 Å². The van der Waals surface area contributed by atoms with E-state index in [1.165, 1.54) is 140 Å². The average Bonchev–Trinajstić information content (AvgIpc) is 1.49. The molecule has 16 aliphatic rings. The first-order valence-corrected chi connectivity index (χ1v) is 48.0. The fourth-order valence-electron chi connectivity index (χ4n) is 34.4. The van der Waals surface area contributed by atoms with Gasteiger partial charge in [0.05, 0.1) is 41.3 Å². The van der Waals surface area contributed by atoms with E-state index < -0.39 is 22.4 Å². The molecule has 4 N–H and O–H groups in total. The van der Waals surface area contributed by atoms with Gasteiger partial charge >= 0.3 is 0 Å². The topological polar surface area (TPSA) is 285 Å². The fraction of sp³-hybridized carbons (Fsp3) is 0.887. The summed E-state index contributed by atoms with van der Waals surface area (Å²) in [7, 11) is 0. The summed E-state index contributed by atoms with van der Waals surface area (Å²) in [6, 6.07) is 1.90. The van der Waals surface area contributed by atoms with Gasteiger partial charge in [-0.05, 0) is 432 Å². The van der Waals surface area contributed by atoms with Crippen molar-refractivity contribution in [1.82, 2.24) is 65.2 Å². The Bertz CT molecular complexity index is 4150. The van der Waals surface area contributed by atoms with Gasteiger partial charge in [0.1, 0.15) is 25.5 Å². The zero-order valence-corrected chi connectivity index (χ0v) is 75.0. The zero-order valence-electron chi connectivity index (χ0n) is 75.0. The molecule has 16 aliphatic carbocycles. The van der Waals surface area contributed by atoms with E-state index in [4.69, 9.17) is 0 Å². The molecule has 21 heteroatoms. The highest BCUT2D eigenvalue weighted by Gasteiger charge is 2.68. The van der Waals surface area contributed by atoms with E-state index in [2.05, 4.69) is 102 Å². The van der Waals surface area contributed by atoms with Crippen LogP contribution in [0.15, 0.2) is 30.9 Å². The van der Waals surface area contributed by atoms with Crippen LogP contribution in [0.5, 0.6) is 0 Å². The van der Waals surface area contributed by atoms with Gasteiger partial charge in [-0.1, -0.05) is 55.4 Å². The van der Waals surface area contributed by atoms with Crippen molar-refractivity contribution < 1.29 is 39.6 Å². The van der Waals surface area contributed by atoms with Crippen LogP contribution in [0, 0.1) is 176 Å². The van der Waals surface area contributed by atoms with Gasteiger partial charge in [0.25, 0.3) is 0 Å². The van der Waals surface area contributed by atoms with Crippen molar-refractivity contribution in [3.8, 4) is 0 Å². The molecule has 20 rings (SSSR count). The summed E-state index contributed by atoms with van der Waals surface area (Å²) < 4.78 is 3.45. The molecule has 0 aromatic carbocycles. The second-order valence-electron chi connectivity index (χ2n) is 47.0. The molecule has 16 saturated carbocycles. The Balaban J connectivity index is 0.000000113. The highest BCUT2D eigenvalue weighted by Crippen LogP contribution is 2.74. The molecule has 0 unspecified atom stereocenters. The molecule has 0 spiro atoms. The van der Waals surface area contributed by atoms with Gasteiger partial charge in [0, 0.05) is 36.1 Å². The van der Waals surface area contributed by atoms with Gasteiger partial charge in [0.15, 0.2) is 29.0 Å². The van der Waals surface area contributed by atoms with E-state index in [1.54, 1.807) is 32.8 Å². The number of ketones is 4. The third-order valence-corrected chi connectivity index (χ3v) is 40.9. The molecule has 0 amide bonds. The second-order valence-corrected chi connectivity index (χ2v) is 47.0. The van der Waals surface area contributed by atoms with Gasteiger partial charge in [-0.25, -0.2) is 4.68 Å². The Labute approximate surface area is 705 Å². The number of rotatable bonds is 12. The Kier molecular flexibility index (Phi) is 22.4. The normalized spacial score (nSPS) is 48.6. The molecule has 0 bridgehead atoms. The van der Waals surface area contributed by atoms with E-state index in [0.717, 1.165) is 144 Å². The largest absolute Gasteiger partial charge is 0.390 e. The van der Waals surface area contributed by atoms with Crippen LogP contribution in [-0.2, 0) is 45.4 Å². The smallest absolute Gasteiger partial charge is 0.171 e. The van der Waals surface area contributed by atoms with Crippen molar-refractivity contribution in [2.45, 2.75) is 377 Å². The number of hydrogen-bond acceptors (Lipinski definition) is 17. The quantitative estimate of drug-likeness (QED) is 0.103. The number of nitrogens with zero attached hydrogens (tertiary/aromatic N) is 13. The number of fused-ring (bicyclic) bond motifs is 20. The number of aliphatic hydroxyl groups is 4. The molecule has 652 valence electrons. The molecule has 21 nitrogen and oxygen atoms in total. The third-order valence-electron chi connectivity index (χ3n) is 40.9. The van der Waals surface area contributed by atoms with Gasteiger partial charge in [-0.15, -0.1) is 15.3 Å². The standard InChI is InChI=1S/C25H38N2O2.2C24H38N4O2.C24H37N3O2/c1-23(29)11-12-24(2)17(15-23)5-6-18-19-7-8-21(25(19,3)10-9-20(18)24)22(28)16-27-14-4-13-26-27;1-15-25-26-27-28(15)14-21(29)20-8-7-18-17-6-5-16-13-22(2,30)11-12-23(16,3)19(17)9-10-24(18,20)4;1-15-25-27-28(26-15)14-21(29)20-8-7-18-17-6-5-16-13-22(2,30)11-12-23(16,3)19(17)9-10-24(18,20)4;1-22(29)10-11-23(2)16(14-22)4-5-17-18-6-7-20(24(18,3)9-8-19(17)23)21(28)15-27-25-12-13-26-27/h4,13-14,17-21,29H,5-12,15-16H2,1-3H3;2*16-20,30H,5-14H2,1-4H3;12-13,16-20,29H,4-11,14-15H2,1-3H3/t17-,18+,19+,20+,21-,23-,24+,25+;2*16-,17-,18-,19-,20+,22+,23-,24-;16-,17+,18+,19+,20-,22-,23+,24+/m1001/s1. The van der Waals surface area contributed by atoms with Crippen LogP contribution in [0.4, 0.5) is 0 Å². The minimum atomic E-state index is -0.473. The van der Waals surface area contributed by atoms with Crippen molar-refractivity contribution in [1.29, 1.82) is 0 Å². The number of aromatic nitrogens is 13. The summed E-state index contributed by atoms with van der Waals surface area (Å²) in [4.78, 5) is 55.9. The Morgan fingerprint density at radius 1 is 0.339 bits per heavy atom. The summed E-state index contributed by atoms with van der Waals surface area (Å²) >= 11 is 0. The maximum absolute atomic E-state index is 13.3. The van der Waals surface area contributed by atoms with Gasteiger partial charge in [0.2, 0.25) is 0 Å². The number of carbonyl (C=O) groups excluding carboxylic acids is 4. The summed E-state index contributed by atoms with van der Waals surface area (Å²) in [6.07, 6.45) is 48.3. The van der Waals surface area contributed by atoms with Crippen molar-refractivity contribution in [3.63, 3.8) is 0 Å². The number of carbonyl (C=O) groups is 4. The first-order chi connectivity index (χ1) is 55.7. The van der Waals surface area contributed by atoms with E-state index >= 15 is 0 Å². The minimum absolute atomic E-state index is 0.122. The second kappa shape index (κ2) is 31.0. The maximum atomic E-state index is 13.3. The molecule has 16 fully saturated rings. The zero-order chi connectivity index (χ0) is 83.5. The molecule has 32 atom stereocenters. The van der Waals surface area contributed by atoms with E-state index in [1.807, 2.05) is 53.8 Å². The summed E-state index contributed by atoms with van der Waals surface area (Å²) in [5, 5.41) is 79.1. The summed E-state index contributed by atoms with van der Waals surface area (Å²) in [5.74, 6) is 14.8. The molecule has 0 radical (unpaired) electrons. The number of tetrazole rings is 2. The van der Waals surface area contributed by atoms with Gasteiger partial charge in [-0.2, -0.15) is 24.9 Å². The lowest BCUT2D eigenvalue weighted by Gasteiger charge is -2.61. The van der Waals surface area contributed by atoms with Crippen LogP contribution in [0.1, 0.15) is 326 Å². The van der Waals surface area contributed by atoms with Crippen LogP contribution in [0.2, 0.25) is 0 Å². The molecule has 4 aromatic rings. The summed E-state index contributed by atoms with van der Waals surface area (Å²) in [5.41, 5.74) is 0.220. The molecule has 0 aliphatic heterocycles. The Morgan fingerprint density at radius 3 is 0.966 bits per heavy atom. The Hall–Kier alpha value is -4.99. The fourth-order valence-corrected chi connectivity index (χ4v) is 34.4. The van der Waals surface area contributed by atoms with E-state index in [0.29, 0.717) is 123 Å². The molecule has 4 heterocycles. The third kappa shape index (κ3) is 14.9. The molecule has 0 saturated heterocycles. The predicted molar refractivity (Wildman–Crippen MR) is 451 cm³/mol. The molecule has 4 aromatic heterocycles. The highest BCUT2D eigenvalue weighted by atomic mass is 16.3. The lowest BCUT2D eigenvalue weighted by Crippen LogP contribution is -2.55. The number of hydrogen-bond donors (Lipinski definition) is 4. The number of aryl methyl sites for hydroxylation is 2. The first kappa shape index (κ1) is 85.2. The first-order valence-electron chi connectivity index (χ1n) is 48.0. The van der Waals surface area contributed by atoms with Crippen LogP contribution in [0.3, 0.4) is 0 Å². The monoisotopic (exact) mass is 1630 g/mol. The van der Waals surface area contributed by atoms with Crippen LogP contribution < -0.4 is 0 Å². The van der Waals surface area contributed by atoms with Gasteiger partial charge in [-0.3, -0.25) is 23.9 Å². The van der Waals surface area contributed by atoms with Crippen LogP contribution in [0.25, 0.3) is 0 Å². The lowest BCUT2D eigenvalue weighted by atomic mass is 9.44. The van der Waals surface area contributed by atoms with Crippen LogP contribution >= 0.6 is 0 Å². The maximum Gasteiger partial charge on any atom is 0.171 e. The lowest BCUT2D eigenvalue weighted by molar-refractivity contribution is -0.151. The van der Waals surface area contributed by atoms with Crippen molar-refractivity contribution in [2.75, 3.05) is 0 Å². The van der Waals surface area contributed by atoms with Gasteiger partial charge < -0.3 is 20.4 Å². The predicted octanol–water partition coefficient (Wildman–Crippen LogP) is 17.0. The minimum Gasteiger partial charge on any atom is -0.390 e. The van der Waals surface area contributed by atoms with Crippen molar-refractivity contribution >= 4 is 23.1 Å². The Morgan fingerprint density at radius 2 is 0.661 bits per heavy atom. The average molecular weight is 1630 g/mol. The summed E-state index contributed by atoms with van der Waals surface area (Å²) in [6.45, 7) is 33.0. The molecule has 118 heavy (non-hydrogen) atoms. The van der Waals surface area contributed by atoms with Crippen molar-refractivity contribution in [2.24, 2.45) is 162 Å². The number of Topliss-reactive ketones (excluding diaryl/α,β-unsaturated/α-hetero) is 4. The SMILES string of the molecule is C[C@@]1(O)CC[C@@]2(C)[C@H](CC[C@@H]3[C@@H]2CC[C@]2(C)[C@@H](C(=O)Cn4cccn4)CC[C@@H]32)C1.C[C@@]1(O)CC[C@@]2(C)[C@H](CC[C@@H]3[C@@H]2CC[C@]2(C)[C@@H](C(=O)Cn4nccn4)CC[C@@H]32)C1.Cc1nnn(CC(=O)[C@H]2CC[C@H]3[C@@H]4CC[C@H]5C[C@](C)(O)CC[C@]5(C)[C@H]4CC[C@]23C)n1.Cc1nnnn1CC(=O)[C@H]1CC[C@H]2[C@@H]3CC[C@H]4C[C@](C)(O)CC[C@]4(C)[C@H]3CC[C@]12C. The van der Waals surface area contributed by atoms with E-state index in [-0.39, 0.29) is 51.9 Å². The highest BCUT2D eigenvalue weighted by molar-refractivity contribution is 5.83. The molecular weight excluding hydrogens is 1480 g/mol. The van der Waals surface area contributed by atoms with E-state index in [9.17, 15) is 39.6 Å². The molecular formula is C97H151N13O8.